The van der Waals surface area contributed by atoms with E-state index in [1.165, 1.54) is 19.3 Å². The number of hydrogen-bond acceptors (Lipinski definition) is 3. The van der Waals surface area contributed by atoms with Crippen molar-refractivity contribution < 1.29 is 4.74 Å². The average molecular weight is 189 g/mol. The van der Waals surface area contributed by atoms with Gasteiger partial charge in [-0.05, 0) is 19.1 Å². The van der Waals surface area contributed by atoms with Gasteiger partial charge in [-0.25, -0.2) is 0 Å². The van der Waals surface area contributed by atoms with Crippen molar-refractivity contribution in [2.45, 2.75) is 24.0 Å². The van der Waals surface area contributed by atoms with Gasteiger partial charge in [-0.2, -0.15) is 11.8 Å². The number of thioether (sulfide) groups is 1. The summed E-state index contributed by atoms with van der Waals surface area (Å²) in [5, 5.41) is 3.43. The molecular weight excluding hydrogens is 170 g/mol. The van der Waals surface area contributed by atoms with Crippen LogP contribution in [0.2, 0.25) is 0 Å². The van der Waals surface area contributed by atoms with E-state index in [2.05, 4.69) is 11.6 Å². The molecule has 0 amide bonds. The van der Waals surface area contributed by atoms with Gasteiger partial charge >= 0.3 is 0 Å². The largest absolute Gasteiger partial charge is 0.383 e. The highest BCUT2D eigenvalue weighted by molar-refractivity contribution is 8.00. The van der Waals surface area contributed by atoms with E-state index >= 15 is 0 Å². The summed E-state index contributed by atoms with van der Waals surface area (Å²) >= 11 is 2.01. The lowest BCUT2D eigenvalue weighted by molar-refractivity contribution is 0.196. The summed E-state index contributed by atoms with van der Waals surface area (Å²) in [5.41, 5.74) is 0. The van der Waals surface area contributed by atoms with Crippen molar-refractivity contribution >= 4 is 11.8 Å². The third kappa shape index (κ3) is 2.64. The molecule has 3 heteroatoms. The Balaban J connectivity index is 2.04. The zero-order valence-corrected chi connectivity index (χ0v) is 8.88. The summed E-state index contributed by atoms with van der Waals surface area (Å²) in [6.07, 6.45) is 6.40. The minimum atomic E-state index is 0.563. The molecule has 0 saturated heterocycles. The molecule has 0 atom stereocenters. The monoisotopic (exact) mass is 189 g/mol. The van der Waals surface area contributed by atoms with Crippen molar-refractivity contribution in [1.82, 2.24) is 5.32 Å². The van der Waals surface area contributed by atoms with E-state index in [1.807, 2.05) is 11.8 Å². The summed E-state index contributed by atoms with van der Waals surface area (Å²) in [5.74, 6) is 0. The van der Waals surface area contributed by atoms with Crippen molar-refractivity contribution in [3.63, 3.8) is 0 Å². The van der Waals surface area contributed by atoms with Crippen LogP contribution in [0.4, 0.5) is 0 Å². The molecule has 0 bridgehead atoms. The molecule has 0 aromatic rings. The molecule has 1 saturated carbocycles. The van der Waals surface area contributed by atoms with Crippen LogP contribution in [-0.2, 0) is 4.74 Å². The second kappa shape index (κ2) is 5.10. The molecule has 0 aromatic heterocycles. The summed E-state index contributed by atoms with van der Waals surface area (Å²) in [4.78, 5) is 0. The maximum Gasteiger partial charge on any atom is 0.0587 e. The Kier molecular flexibility index (Phi) is 4.40. The first-order valence-corrected chi connectivity index (χ1v) is 5.80. The molecule has 2 nitrogen and oxygen atoms in total. The molecule has 12 heavy (non-hydrogen) atoms. The molecule has 0 aliphatic heterocycles. The SMILES string of the molecule is COCCNCC1(SC)CCC1. The molecule has 0 radical (unpaired) electrons. The second-order valence-corrected chi connectivity index (χ2v) is 4.68. The predicted molar refractivity (Wildman–Crippen MR) is 54.8 cm³/mol. The number of methoxy groups -OCH3 is 1. The molecule has 72 valence electrons. The van der Waals surface area contributed by atoms with Gasteiger partial charge in [0.25, 0.3) is 0 Å². The Morgan fingerprint density at radius 1 is 1.50 bits per heavy atom. The van der Waals surface area contributed by atoms with Gasteiger partial charge in [-0.15, -0.1) is 0 Å². The van der Waals surface area contributed by atoms with Crippen LogP contribution >= 0.6 is 11.8 Å². The van der Waals surface area contributed by atoms with Gasteiger partial charge in [0.15, 0.2) is 0 Å². The summed E-state index contributed by atoms with van der Waals surface area (Å²) < 4.78 is 5.54. The number of nitrogens with one attached hydrogen (secondary N) is 1. The first-order chi connectivity index (χ1) is 5.83. The molecule has 1 N–H and O–H groups in total. The van der Waals surface area contributed by atoms with Gasteiger partial charge < -0.3 is 10.1 Å². The molecule has 0 aromatic carbocycles. The molecule has 1 aliphatic rings. The van der Waals surface area contributed by atoms with Crippen LogP contribution in [0.15, 0.2) is 0 Å². The van der Waals surface area contributed by atoms with Gasteiger partial charge in [0.05, 0.1) is 6.61 Å². The second-order valence-electron chi connectivity index (χ2n) is 3.41. The molecule has 1 aliphatic carbocycles. The van der Waals surface area contributed by atoms with Crippen LogP contribution in [-0.4, -0.2) is 37.8 Å². The maximum atomic E-state index is 4.97. The number of ether oxygens (including phenoxy) is 1. The lowest BCUT2D eigenvalue weighted by atomic mass is 9.84. The number of rotatable bonds is 6. The smallest absolute Gasteiger partial charge is 0.0587 e. The van der Waals surface area contributed by atoms with Gasteiger partial charge in [-0.3, -0.25) is 0 Å². The molecule has 0 heterocycles. The minimum absolute atomic E-state index is 0.563. The van der Waals surface area contributed by atoms with Gasteiger partial charge in [0, 0.05) is 24.9 Å². The van der Waals surface area contributed by atoms with Gasteiger partial charge in [-0.1, -0.05) is 6.42 Å². The zero-order valence-electron chi connectivity index (χ0n) is 8.06. The number of hydrogen-bond donors (Lipinski definition) is 1. The maximum absolute atomic E-state index is 4.97. The van der Waals surface area contributed by atoms with Gasteiger partial charge in [0.1, 0.15) is 0 Å². The third-order valence-corrected chi connectivity index (χ3v) is 4.05. The Hall–Kier alpha value is 0.270. The molecule has 0 spiro atoms. The van der Waals surface area contributed by atoms with E-state index in [4.69, 9.17) is 4.74 Å². The van der Waals surface area contributed by atoms with Crippen molar-refractivity contribution in [2.24, 2.45) is 0 Å². The fraction of sp³-hybridized carbons (Fsp3) is 1.00. The average Bonchev–Trinajstić information content (AvgIpc) is 2.02. The van der Waals surface area contributed by atoms with Crippen molar-refractivity contribution in [3.05, 3.63) is 0 Å². The fourth-order valence-corrected chi connectivity index (χ4v) is 2.46. The van der Waals surface area contributed by atoms with Crippen molar-refractivity contribution in [1.29, 1.82) is 0 Å². The fourth-order valence-electron chi connectivity index (χ4n) is 1.51. The van der Waals surface area contributed by atoms with Gasteiger partial charge in [0.2, 0.25) is 0 Å². The van der Waals surface area contributed by atoms with E-state index in [9.17, 15) is 0 Å². The van der Waals surface area contributed by atoms with Crippen LogP contribution in [0.1, 0.15) is 19.3 Å². The highest BCUT2D eigenvalue weighted by atomic mass is 32.2. The minimum Gasteiger partial charge on any atom is -0.383 e. The Bertz CT molecular complexity index is 120. The zero-order chi connectivity index (χ0) is 8.86. The standard InChI is InChI=1S/C9H19NOS/c1-11-7-6-10-8-9(12-2)4-3-5-9/h10H,3-8H2,1-2H3. The Morgan fingerprint density at radius 3 is 2.67 bits per heavy atom. The predicted octanol–water partition coefficient (Wildman–Crippen LogP) is 1.51. The lowest BCUT2D eigenvalue weighted by Crippen LogP contribution is -2.44. The van der Waals surface area contributed by atoms with E-state index < -0.39 is 0 Å². The normalized spacial score (nSPS) is 20.5. The Morgan fingerprint density at radius 2 is 2.25 bits per heavy atom. The van der Waals surface area contributed by atoms with E-state index in [0.717, 1.165) is 19.7 Å². The third-order valence-electron chi connectivity index (χ3n) is 2.63. The van der Waals surface area contributed by atoms with E-state index in [-0.39, 0.29) is 0 Å². The van der Waals surface area contributed by atoms with Crippen LogP contribution in [0, 0.1) is 0 Å². The lowest BCUT2D eigenvalue weighted by Gasteiger charge is -2.40. The van der Waals surface area contributed by atoms with Crippen LogP contribution in [0.5, 0.6) is 0 Å². The van der Waals surface area contributed by atoms with Crippen LogP contribution < -0.4 is 5.32 Å². The quantitative estimate of drug-likeness (QED) is 0.640. The summed E-state index contributed by atoms with van der Waals surface area (Å²) in [6, 6.07) is 0. The highest BCUT2D eigenvalue weighted by Crippen LogP contribution is 2.41. The molecule has 1 fully saturated rings. The van der Waals surface area contributed by atoms with Crippen LogP contribution in [0.25, 0.3) is 0 Å². The molecule has 0 unspecified atom stereocenters. The summed E-state index contributed by atoms with van der Waals surface area (Å²) in [6.45, 7) is 2.96. The van der Waals surface area contributed by atoms with Crippen LogP contribution in [0.3, 0.4) is 0 Å². The van der Waals surface area contributed by atoms with E-state index in [0.29, 0.717) is 4.75 Å². The molecular formula is C9H19NOS. The van der Waals surface area contributed by atoms with Crippen molar-refractivity contribution in [3.8, 4) is 0 Å². The summed E-state index contributed by atoms with van der Waals surface area (Å²) in [7, 11) is 1.75. The highest BCUT2D eigenvalue weighted by Gasteiger charge is 2.35. The topological polar surface area (TPSA) is 21.3 Å². The first-order valence-electron chi connectivity index (χ1n) is 4.58. The molecule has 1 rings (SSSR count). The van der Waals surface area contributed by atoms with E-state index in [1.54, 1.807) is 7.11 Å². The van der Waals surface area contributed by atoms with Crippen molar-refractivity contribution in [2.75, 3.05) is 33.1 Å². The first kappa shape index (κ1) is 10.4. The Labute approximate surface area is 79.4 Å².